The largest absolute Gasteiger partial charge is 0.454 e. The highest BCUT2D eigenvalue weighted by atomic mass is 16.7. The summed E-state index contributed by atoms with van der Waals surface area (Å²) in [6.45, 7) is 2.44. The van der Waals surface area contributed by atoms with E-state index < -0.39 is 0 Å². The Morgan fingerprint density at radius 1 is 1.28 bits per heavy atom. The molecule has 3 rings (SSSR count). The van der Waals surface area contributed by atoms with Crippen LogP contribution in [0.15, 0.2) is 12.1 Å². The second-order valence-corrected chi connectivity index (χ2v) is 4.23. The van der Waals surface area contributed by atoms with Crippen LogP contribution in [0.5, 0.6) is 11.5 Å². The molecule has 1 saturated heterocycles. The Bertz CT molecular complexity index is 485. The molecule has 18 heavy (non-hydrogen) atoms. The van der Waals surface area contributed by atoms with E-state index in [1.54, 1.807) is 6.07 Å². The highest BCUT2D eigenvalue weighted by Gasteiger charge is 2.28. The van der Waals surface area contributed by atoms with Crippen molar-refractivity contribution in [2.24, 2.45) is 0 Å². The highest BCUT2D eigenvalue weighted by molar-refractivity contribution is 5.56. The summed E-state index contributed by atoms with van der Waals surface area (Å²) in [6.07, 6.45) is 0. The minimum absolute atomic E-state index is 0.0699. The normalized spacial score (nSPS) is 21.9. The van der Waals surface area contributed by atoms with Crippen molar-refractivity contribution in [3.63, 3.8) is 0 Å². The van der Waals surface area contributed by atoms with Gasteiger partial charge in [-0.3, -0.25) is 10.1 Å². The van der Waals surface area contributed by atoms with Gasteiger partial charge in [-0.05, 0) is 6.07 Å². The minimum Gasteiger partial charge on any atom is -0.454 e. The first-order valence-corrected chi connectivity index (χ1v) is 5.78. The Morgan fingerprint density at radius 3 is 2.72 bits per heavy atom. The maximum Gasteiger partial charge on any atom is 0.278 e. The highest BCUT2D eigenvalue weighted by Crippen LogP contribution is 2.40. The van der Waals surface area contributed by atoms with E-state index in [1.165, 1.54) is 6.07 Å². The van der Waals surface area contributed by atoms with Crippen molar-refractivity contribution in [3.05, 3.63) is 27.8 Å². The molecule has 2 N–H and O–H groups in total. The predicted octanol–water partition coefficient (Wildman–Crippen LogP) is 0.557. The zero-order chi connectivity index (χ0) is 12.5. The van der Waals surface area contributed by atoms with Crippen molar-refractivity contribution in [2.45, 2.75) is 6.04 Å². The van der Waals surface area contributed by atoms with Crippen molar-refractivity contribution in [2.75, 3.05) is 26.4 Å². The summed E-state index contributed by atoms with van der Waals surface area (Å²) >= 11 is 0. The monoisotopic (exact) mass is 251 g/mol. The van der Waals surface area contributed by atoms with E-state index in [0.29, 0.717) is 23.6 Å². The van der Waals surface area contributed by atoms with Crippen LogP contribution in [0.4, 0.5) is 5.69 Å². The van der Waals surface area contributed by atoms with Crippen molar-refractivity contribution >= 4 is 5.69 Å². The average molecular weight is 251 g/mol. The van der Waals surface area contributed by atoms with E-state index in [9.17, 15) is 10.1 Å². The molecule has 7 heteroatoms. The summed E-state index contributed by atoms with van der Waals surface area (Å²) in [4.78, 5) is 10.7. The Labute approximate surface area is 103 Å². The molecule has 0 bridgehead atoms. The standard InChI is InChI=1S/C11H13N3O4/c15-14(16)9-4-11-10(17-6-18-11)3-7(9)8-5-12-1-2-13-8/h3-4,8,12-13H,1-2,5-6H2/t8-/m0/s1. The van der Waals surface area contributed by atoms with Gasteiger partial charge in [0.15, 0.2) is 11.5 Å². The molecule has 0 amide bonds. The number of nitro groups is 1. The van der Waals surface area contributed by atoms with E-state index in [2.05, 4.69) is 10.6 Å². The van der Waals surface area contributed by atoms with Gasteiger partial charge in [-0.2, -0.15) is 0 Å². The van der Waals surface area contributed by atoms with Crippen LogP contribution in [0.25, 0.3) is 0 Å². The number of hydrogen-bond acceptors (Lipinski definition) is 6. The molecule has 2 aliphatic rings. The summed E-state index contributed by atoms with van der Waals surface area (Å²) in [7, 11) is 0. The van der Waals surface area contributed by atoms with Crippen LogP contribution in [-0.2, 0) is 0 Å². The molecule has 1 aromatic rings. The van der Waals surface area contributed by atoms with Crippen LogP contribution in [0.2, 0.25) is 0 Å². The van der Waals surface area contributed by atoms with Crippen LogP contribution < -0.4 is 20.1 Å². The van der Waals surface area contributed by atoms with Gasteiger partial charge in [0, 0.05) is 19.6 Å². The number of nitrogens with zero attached hydrogens (tertiary/aromatic N) is 1. The molecule has 0 radical (unpaired) electrons. The van der Waals surface area contributed by atoms with Crippen LogP contribution in [-0.4, -0.2) is 31.4 Å². The van der Waals surface area contributed by atoms with Gasteiger partial charge in [-0.1, -0.05) is 0 Å². The van der Waals surface area contributed by atoms with Gasteiger partial charge in [0.05, 0.1) is 22.6 Å². The number of benzene rings is 1. The number of nitrogens with one attached hydrogen (secondary N) is 2. The molecule has 0 aromatic heterocycles. The molecule has 1 aromatic carbocycles. The smallest absolute Gasteiger partial charge is 0.278 e. The van der Waals surface area contributed by atoms with Crippen molar-refractivity contribution in [3.8, 4) is 11.5 Å². The molecular formula is C11H13N3O4. The average Bonchev–Trinajstić information content (AvgIpc) is 2.85. The molecule has 7 nitrogen and oxygen atoms in total. The number of ether oxygens (including phenoxy) is 2. The second-order valence-electron chi connectivity index (χ2n) is 4.23. The van der Waals surface area contributed by atoms with Gasteiger partial charge < -0.3 is 20.1 Å². The SMILES string of the molecule is O=[N+]([O-])c1cc2c(cc1[C@@H]1CNCCN1)OCO2. The molecular weight excluding hydrogens is 238 g/mol. The maximum atomic E-state index is 11.1. The summed E-state index contributed by atoms with van der Waals surface area (Å²) in [6, 6.07) is 3.06. The number of piperazine rings is 1. The van der Waals surface area contributed by atoms with Crippen LogP contribution in [0.1, 0.15) is 11.6 Å². The summed E-state index contributed by atoms with van der Waals surface area (Å²) in [5.41, 5.74) is 0.705. The van der Waals surface area contributed by atoms with Gasteiger partial charge in [-0.15, -0.1) is 0 Å². The van der Waals surface area contributed by atoms with E-state index >= 15 is 0 Å². The quantitative estimate of drug-likeness (QED) is 0.590. The molecule has 2 heterocycles. The van der Waals surface area contributed by atoms with Gasteiger partial charge in [-0.25, -0.2) is 0 Å². The van der Waals surface area contributed by atoms with Gasteiger partial charge in [0.25, 0.3) is 5.69 Å². The van der Waals surface area contributed by atoms with Crippen LogP contribution in [0.3, 0.4) is 0 Å². The summed E-state index contributed by atoms with van der Waals surface area (Å²) < 4.78 is 10.4. The van der Waals surface area contributed by atoms with E-state index in [4.69, 9.17) is 9.47 Å². The predicted molar refractivity (Wildman–Crippen MR) is 62.8 cm³/mol. The molecule has 0 saturated carbocycles. The van der Waals surface area contributed by atoms with Crippen LogP contribution in [0, 0.1) is 10.1 Å². The fourth-order valence-electron chi connectivity index (χ4n) is 2.26. The topological polar surface area (TPSA) is 85.7 Å². The van der Waals surface area contributed by atoms with Crippen molar-refractivity contribution in [1.82, 2.24) is 10.6 Å². The number of rotatable bonds is 2. The third kappa shape index (κ3) is 1.87. The second kappa shape index (κ2) is 4.43. The van der Waals surface area contributed by atoms with E-state index in [1.807, 2.05) is 0 Å². The number of nitro benzene ring substituents is 1. The first-order chi connectivity index (χ1) is 8.75. The maximum absolute atomic E-state index is 11.1. The number of fused-ring (bicyclic) bond motifs is 1. The Balaban J connectivity index is 2.02. The number of hydrogen-bond donors (Lipinski definition) is 2. The summed E-state index contributed by atoms with van der Waals surface area (Å²) in [5, 5.41) is 17.6. The van der Waals surface area contributed by atoms with Crippen molar-refractivity contribution < 1.29 is 14.4 Å². The first-order valence-electron chi connectivity index (χ1n) is 5.78. The van der Waals surface area contributed by atoms with Crippen molar-refractivity contribution in [1.29, 1.82) is 0 Å². The molecule has 0 spiro atoms. The fourth-order valence-corrected chi connectivity index (χ4v) is 2.26. The van der Waals surface area contributed by atoms with Gasteiger partial charge in [0.2, 0.25) is 6.79 Å². The molecule has 2 aliphatic heterocycles. The minimum atomic E-state index is -0.381. The van der Waals surface area contributed by atoms with Gasteiger partial charge >= 0.3 is 0 Å². The molecule has 1 fully saturated rings. The third-order valence-corrected chi connectivity index (χ3v) is 3.13. The van der Waals surface area contributed by atoms with E-state index in [-0.39, 0.29) is 23.4 Å². The lowest BCUT2D eigenvalue weighted by molar-refractivity contribution is -0.385. The summed E-state index contributed by atoms with van der Waals surface area (Å²) in [5.74, 6) is 1.01. The van der Waals surface area contributed by atoms with Gasteiger partial charge in [0.1, 0.15) is 0 Å². The molecule has 0 aliphatic carbocycles. The van der Waals surface area contributed by atoms with Crippen LogP contribution >= 0.6 is 0 Å². The fraction of sp³-hybridized carbons (Fsp3) is 0.455. The lowest BCUT2D eigenvalue weighted by atomic mass is 10.0. The zero-order valence-electron chi connectivity index (χ0n) is 9.64. The van der Waals surface area contributed by atoms with E-state index in [0.717, 1.165) is 13.1 Å². The lowest BCUT2D eigenvalue weighted by Gasteiger charge is -2.24. The lowest BCUT2D eigenvalue weighted by Crippen LogP contribution is -2.42. The molecule has 1 atom stereocenters. The molecule has 96 valence electrons. The Morgan fingerprint density at radius 2 is 2.06 bits per heavy atom. The first kappa shape index (κ1) is 11.2. The zero-order valence-corrected chi connectivity index (χ0v) is 9.64. The Kier molecular flexibility index (Phi) is 2.77. The Hall–Kier alpha value is -1.86. The molecule has 0 unspecified atom stereocenters. The third-order valence-electron chi connectivity index (χ3n) is 3.13.